The number of hydrogen-bond donors (Lipinski definition) is 1. The van der Waals surface area contributed by atoms with Gasteiger partial charge in [0, 0.05) is 15.7 Å². The number of benzene rings is 3. The predicted molar refractivity (Wildman–Crippen MR) is 150 cm³/mol. The van der Waals surface area contributed by atoms with Crippen molar-refractivity contribution in [3.8, 4) is 11.5 Å². The topological polar surface area (TPSA) is 67.9 Å². The van der Waals surface area contributed by atoms with Crippen LogP contribution in [0.3, 0.4) is 0 Å². The summed E-state index contributed by atoms with van der Waals surface area (Å²) in [6.45, 7) is 1.99. The molecule has 0 bridgehead atoms. The lowest BCUT2D eigenvalue weighted by Gasteiger charge is -2.14. The molecule has 10 heteroatoms. The third-order valence-corrected chi connectivity index (χ3v) is 6.62. The average Bonchev–Trinajstić information content (AvgIpc) is 3.11. The van der Waals surface area contributed by atoms with Gasteiger partial charge < -0.3 is 14.8 Å². The second-order valence-corrected chi connectivity index (χ2v) is 10.0. The summed E-state index contributed by atoms with van der Waals surface area (Å²) >= 11 is 18.6. The Morgan fingerprint density at radius 3 is 2.44 bits per heavy atom. The summed E-state index contributed by atoms with van der Waals surface area (Å²) in [7, 11) is 0. The fraction of sp³-hybridized carbons (Fsp3) is 0.115. The molecule has 1 aliphatic heterocycles. The Morgan fingerprint density at radius 1 is 1.03 bits per heavy atom. The molecule has 1 N–H and O–H groups in total. The van der Waals surface area contributed by atoms with Gasteiger partial charge in [-0.05, 0) is 61.0 Å². The SMILES string of the molecule is CCOc1cc(/C=C2\SC(=S)N(c3ccccc3)C2=O)ccc1OCC(=O)Nc1cc(Cl)cc(Cl)c1. The molecule has 3 aromatic rings. The molecule has 1 fully saturated rings. The molecule has 184 valence electrons. The van der Waals surface area contributed by atoms with Crippen LogP contribution in [0, 0.1) is 0 Å². The van der Waals surface area contributed by atoms with Crippen LogP contribution >= 0.6 is 47.2 Å². The summed E-state index contributed by atoms with van der Waals surface area (Å²) in [5.41, 5.74) is 1.92. The van der Waals surface area contributed by atoms with E-state index in [-0.39, 0.29) is 18.4 Å². The van der Waals surface area contributed by atoms with Gasteiger partial charge in [0.1, 0.15) is 0 Å². The van der Waals surface area contributed by atoms with Crippen molar-refractivity contribution in [2.75, 3.05) is 23.4 Å². The van der Waals surface area contributed by atoms with Crippen molar-refractivity contribution in [1.29, 1.82) is 0 Å². The maximum Gasteiger partial charge on any atom is 0.270 e. The third kappa shape index (κ3) is 6.39. The Morgan fingerprint density at radius 2 is 1.75 bits per heavy atom. The van der Waals surface area contributed by atoms with Gasteiger partial charge in [-0.25, -0.2) is 0 Å². The highest BCUT2D eigenvalue weighted by Gasteiger charge is 2.33. The van der Waals surface area contributed by atoms with E-state index in [1.165, 1.54) is 16.7 Å². The summed E-state index contributed by atoms with van der Waals surface area (Å²) < 4.78 is 11.9. The Hall–Kier alpha value is -3.04. The number of para-hydroxylation sites is 1. The highest BCUT2D eigenvalue weighted by atomic mass is 35.5. The van der Waals surface area contributed by atoms with Gasteiger partial charge in [-0.15, -0.1) is 0 Å². The number of ether oxygens (including phenoxy) is 2. The Bertz CT molecular complexity index is 1330. The lowest BCUT2D eigenvalue weighted by atomic mass is 10.1. The normalized spacial score (nSPS) is 14.3. The molecule has 1 aliphatic rings. The molecule has 0 radical (unpaired) electrons. The number of carbonyl (C=O) groups excluding carboxylic acids is 2. The largest absolute Gasteiger partial charge is 0.490 e. The van der Waals surface area contributed by atoms with Crippen molar-refractivity contribution in [3.05, 3.63) is 87.2 Å². The van der Waals surface area contributed by atoms with Crippen LogP contribution < -0.4 is 19.7 Å². The van der Waals surface area contributed by atoms with Crippen molar-refractivity contribution in [2.45, 2.75) is 6.92 Å². The summed E-state index contributed by atoms with van der Waals surface area (Å²) in [5.74, 6) is 0.269. The minimum atomic E-state index is -0.385. The number of nitrogens with one attached hydrogen (secondary N) is 1. The van der Waals surface area contributed by atoms with E-state index in [1.807, 2.05) is 37.3 Å². The number of nitrogens with zero attached hydrogens (tertiary/aromatic N) is 1. The zero-order valence-electron chi connectivity index (χ0n) is 19.0. The zero-order chi connectivity index (χ0) is 25.7. The van der Waals surface area contributed by atoms with Crippen LogP contribution in [-0.4, -0.2) is 29.3 Å². The first-order valence-corrected chi connectivity index (χ1v) is 12.8. The van der Waals surface area contributed by atoms with Gasteiger partial charge in [0.25, 0.3) is 11.8 Å². The molecule has 0 unspecified atom stereocenters. The van der Waals surface area contributed by atoms with E-state index >= 15 is 0 Å². The van der Waals surface area contributed by atoms with Gasteiger partial charge >= 0.3 is 0 Å². The number of amides is 2. The predicted octanol–water partition coefficient (Wildman–Crippen LogP) is 6.82. The van der Waals surface area contributed by atoms with Crippen molar-refractivity contribution >= 4 is 80.8 Å². The van der Waals surface area contributed by atoms with E-state index in [2.05, 4.69) is 5.32 Å². The Kier molecular flexibility index (Phi) is 8.53. The molecule has 36 heavy (non-hydrogen) atoms. The average molecular weight is 559 g/mol. The lowest BCUT2D eigenvalue weighted by Crippen LogP contribution is -2.27. The number of thioether (sulfide) groups is 1. The first-order valence-electron chi connectivity index (χ1n) is 10.8. The first-order chi connectivity index (χ1) is 17.3. The minimum absolute atomic E-state index is 0.188. The number of halogens is 2. The summed E-state index contributed by atoms with van der Waals surface area (Å²) in [6, 6.07) is 19.2. The summed E-state index contributed by atoms with van der Waals surface area (Å²) in [6.07, 6.45) is 1.75. The number of hydrogen-bond acceptors (Lipinski definition) is 6. The van der Waals surface area contributed by atoms with Crippen LogP contribution in [-0.2, 0) is 9.59 Å². The molecule has 3 aromatic carbocycles. The Labute approximate surface area is 228 Å². The molecule has 1 saturated heterocycles. The van der Waals surface area contributed by atoms with Crippen molar-refractivity contribution in [3.63, 3.8) is 0 Å². The Balaban J connectivity index is 1.47. The van der Waals surface area contributed by atoms with E-state index in [9.17, 15) is 9.59 Å². The molecule has 4 rings (SSSR count). The smallest absolute Gasteiger partial charge is 0.270 e. The second-order valence-electron chi connectivity index (χ2n) is 7.49. The van der Waals surface area contributed by atoms with Gasteiger partial charge in [0.15, 0.2) is 22.4 Å². The van der Waals surface area contributed by atoms with E-state index in [0.717, 1.165) is 11.3 Å². The number of carbonyl (C=O) groups is 2. The quantitative estimate of drug-likeness (QED) is 0.242. The zero-order valence-corrected chi connectivity index (χ0v) is 22.1. The van der Waals surface area contributed by atoms with Crippen LogP contribution in [0.25, 0.3) is 6.08 Å². The number of anilines is 2. The van der Waals surface area contributed by atoms with Crippen LogP contribution in [0.5, 0.6) is 11.5 Å². The van der Waals surface area contributed by atoms with E-state index in [1.54, 1.807) is 42.5 Å². The van der Waals surface area contributed by atoms with Gasteiger partial charge in [-0.1, -0.05) is 71.4 Å². The second kappa shape index (κ2) is 11.8. The molecule has 0 atom stereocenters. The molecule has 1 heterocycles. The van der Waals surface area contributed by atoms with Gasteiger partial charge in [0.05, 0.1) is 17.2 Å². The molecule has 6 nitrogen and oxygen atoms in total. The molecular weight excluding hydrogens is 539 g/mol. The molecule has 0 saturated carbocycles. The van der Waals surface area contributed by atoms with Crippen LogP contribution in [0.4, 0.5) is 11.4 Å². The van der Waals surface area contributed by atoms with Gasteiger partial charge in [0.2, 0.25) is 0 Å². The summed E-state index contributed by atoms with van der Waals surface area (Å²) in [4.78, 5) is 27.4. The van der Waals surface area contributed by atoms with Crippen LogP contribution in [0.15, 0.2) is 71.6 Å². The van der Waals surface area contributed by atoms with E-state index < -0.39 is 0 Å². The maximum atomic E-state index is 13.0. The summed E-state index contributed by atoms with van der Waals surface area (Å²) in [5, 5.41) is 3.51. The molecule has 0 aliphatic carbocycles. The van der Waals surface area contributed by atoms with Crippen molar-refractivity contribution in [1.82, 2.24) is 0 Å². The van der Waals surface area contributed by atoms with Gasteiger partial charge in [-0.3, -0.25) is 14.5 Å². The standard InChI is InChI=1S/C26H20Cl2N2O4S2/c1-2-33-22-10-16(11-23-25(32)30(26(35)36-23)20-6-4-3-5-7-20)8-9-21(22)34-15-24(31)29-19-13-17(27)12-18(28)14-19/h3-14H,2,15H2,1H3,(H,29,31)/b23-11-. The number of thiocarbonyl (C=S) groups is 1. The monoisotopic (exact) mass is 558 g/mol. The molecule has 0 aromatic heterocycles. The van der Waals surface area contributed by atoms with Crippen LogP contribution in [0.1, 0.15) is 12.5 Å². The van der Waals surface area contributed by atoms with Crippen molar-refractivity contribution in [2.24, 2.45) is 0 Å². The number of rotatable bonds is 8. The third-order valence-electron chi connectivity index (χ3n) is 4.88. The maximum absolute atomic E-state index is 13.0. The van der Waals surface area contributed by atoms with E-state index in [4.69, 9.17) is 44.9 Å². The van der Waals surface area contributed by atoms with E-state index in [0.29, 0.717) is 43.1 Å². The van der Waals surface area contributed by atoms with Gasteiger partial charge in [-0.2, -0.15) is 0 Å². The fourth-order valence-electron chi connectivity index (χ4n) is 3.39. The molecule has 0 spiro atoms. The highest BCUT2D eigenvalue weighted by molar-refractivity contribution is 8.27. The highest BCUT2D eigenvalue weighted by Crippen LogP contribution is 2.37. The van der Waals surface area contributed by atoms with Crippen molar-refractivity contribution < 1.29 is 19.1 Å². The molecule has 2 amide bonds. The minimum Gasteiger partial charge on any atom is -0.490 e. The molecular formula is C26H20Cl2N2O4S2. The first kappa shape index (κ1) is 26.0. The van der Waals surface area contributed by atoms with Crippen LogP contribution in [0.2, 0.25) is 10.0 Å². The lowest BCUT2D eigenvalue weighted by molar-refractivity contribution is -0.118. The fourth-order valence-corrected chi connectivity index (χ4v) is 5.21.